The van der Waals surface area contributed by atoms with Gasteiger partial charge in [0.1, 0.15) is 12.1 Å². The fraction of sp³-hybridized carbons (Fsp3) is 0.692. The zero-order chi connectivity index (χ0) is 15.6. The molecule has 0 unspecified atom stereocenters. The van der Waals surface area contributed by atoms with E-state index in [1.165, 1.54) is 0 Å². The topological polar surface area (TPSA) is 119 Å². The molecule has 1 saturated heterocycles. The highest BCUT2D eigenvalue weighted by molar-refractivity contribution is 6.09. The molecule has 21 heavy (non-hydrogen) atoms. The maximum atomic E-state index is 12.5. The Bertz CT molecular complexity index is 492. The van der Waals surface area contributed by atoms with Gasteiger partial charge < -0.3 is 15.8 Å². The molecule has 3 N–H and O–H groups in total. The number of carbonyl (C=O) groups is 4. The van der Waals surface area contributed by atoms with Crippen molar-refractivity contribution in [3.05, 3.63) is 0 Å². The number of imide groups is 1. The van der Waals surface area contributed by atoms with Crippen molar-refractivity contribution >= 4 is 23.8 Å². The Morgan fingerprint density at radius 3 is 2.76 bits per heavy atom. The lowest BCUT2D eigenvalue weighted by Gasteiger charge is -2.36. The second-order valence-electron chi connectivity index (χ2n) is 5.57. The number of primary amides is 1. The first kappa shape index (κ1) is 15.3. The molecule has 0 aromatic heterocycles. The van der Waals surface area contributed by atoms with E-state index in [4.69, 9.17) is 5.73 Å². The van der Waals surface area contributed by atoms with Gasteiger partial charge in [0.15, 0.2) is 6.61 Å². The molecule has 116 valence electrons. The van der Waals surface area contributed by atoms with Crippen LogP contribution in [0.2, 0.25) is 0 Å². The number of urea groups is 1. The molecule has 8 nitrogen and oxygen atoms in total. The van der Waals surface area contributed by atoms with Crippen molar-refractivity contribution in [2.45, 2.75) is 38.1 Å². The van der Waals surface area contributed by atoms with Crippen molar-refractivity contribution in [2.24, 2.45) is 11.7 Å². The summed E-state index contributed by atoms with van der Waals surface area (Å²) >= 11 is 0. The summed E-state index contributed by atoms with van der Waals surface area (Å²) in [6.07, 6.45) is 3.31. The second kappa shape index (κ2) is 5.71. The summed E-state index contributed by atoms with van der Waals surface area (Å²) in [6.45, 7) is 0.850. The van der Waals surface area contributed by atoms with Crippen LogP contribution in [0.3, 0.4) is 0 Å². The summed E-state index contributed by atoms with van der Waals surface area (Å²) in [7, 11) is 0. The van der Waals surface area contributed by atoms with Gasteiger partial charge in [-0.15, -0.1) is 0 Å². The van der Waals surface area contributed by atoms with E-state index in [2.05, 4.69) is 10.1 Å². The summed E-state index contributed by atoms with van der Waals surface area (Å²) in [5.74, 6) is -2.00. The minimum absolute atomic E-state index is 0.0225. The number of rotatable bonds is 4. The van der Waals surface area contributed by atoms with Crippen molar-refractivity contribution in [3.63, 3.8) is 0 Å². The quantitative estimate of drug-likeness (QED) is 0.536. The van der Waals surface area contributed by atoms with Crippen LogP contribution in [0.4, 0.5) is 4.79 Å². The number of hydrogen-bond donors (Lipinski definition) is 2. The van der Waals surface area contributed by atoms with Crippen LogP contribution in [0.25, 0.3) is 0 Å². The molecule has 0 aromatic rings. The molecule has 1 aliphatic carbocycles. The first-order chi connectivity index (χ1) is 9.86. The first-order valence-corrected chi connectivity index (χ1v) is 6.95. The van der Waals surface area contributed by atoms with Crippen molar-refractivity contribution in [2.75, 3.05) is 13.2 Å². The zero-order valence-electron chi connectivity index (χ0n) is 11.9. The molecule has 1 saturated carbocycles. The summed E-state index contributed by atoms with van der Waals surface area (Å²) < 4.78 is 4.58. The van der Waals surface area contributed by atoms with Crippen LogP contribution in [0.15, 0.2) is 0 Å². The first-order valence-electron chi connectivity index (χ1n) is 6.95. The van der Waals surface area contributed by atoms with Crippen molar-refractivity contribution < 1.29 is 23.9 Å². The maximum Gasteiger partial charge on any atom is 0.326 e. The van der Waals surface area contributed by atoms with Gasteiger partial charge in [-0.05, 0) is 18.8 Å². The molecule has 1 heterocycles. The van der Waals surface area contributed by atoms with E-state index < -0.39 is 42.5 Å². The van der Waals surface area contributed by atoms with E-state index in [9.17, 15) is 19.2 Å². The van der Waals surface area contributed by atoms with E-state index in [0.717, 1.165) is 24.2 Å². The number of nitrogens with zero attached hydrogens (tertiary/aromatic N) is 1. The molecular formula is C13H19N3O5. The highest BCUT2D eigenvalue weighted by Crippen LogP contribution is 2.38. The van der Waals surface area contributed by atoms with Crippen LogP contribution in [0.5, 0.6) is 0 Å². The largest absolute Gasteiger partial charge is 0.454 e. The fourth-order valence-corrected chi connectivity index (χ4v) is 2.97. The number of amides is 4. The highest BCUT2D eigenvalue weighted by Gasteiger charge is 2.55. The minimum atomic E-state index is -0.903. The van der Waals surface area contributed by atoms with Gasteiger partial charge >= 0.3 is 12.0 Å². The molecule has 0 bridgehead atoms. The number of carbonyl (C=O) groups excluding carboxylic acids is 4. The van der Waals surface area contributed by atoms with Gasteiger partial charge in [0.25, 0.3) is 11.8 Å². The summed E-state index contributed by atoms with van der Waals surface area (Å²) in [5.41, 5.74) is 3.95. The van der Waals surface area contributed by atoms with Gasteiger partial charge in [-0.1, -0.05) is 19.8 Å². The van der Waals surface area contributed by atoms with E-state index >= 15 is 0 Å². The molecule has 4 amide bonds. The normalized spacial score (nSPS) is 28.6. The number of hydrogen-bond acceptors (Lipinski definition) is 5. The third kappa shape index (κ3) is 2.84. The molecule has 0 radical (unpaired) electrons. The molecule has 2 atom stereocenters. The number of esters is 1. The van der Waals surface area contributed by atoms with Crippen LogP contribution >= 0.6 is 0 Å². The second-order valence-corrected chi connectivity index (χ2v) is 5.57. The fourth-order valence-electron chi connectivity index (χ4n) is 2.97. The van der Waals surface area contributed by atoms with Crippen LogP contribution in [0, 0.1) is 5.92 Å². The average molecular weight is 297 g/mol. The smallest absolute Gasteiger partial charge is 0.326 e. The molecule has 0 aromatic carbocycles. The minimum Gasteiger partial charge on any atom is -0.454 e. The Labute approximate surface area is 122 Å². The summed E-state index contributed by atoms with van der Waals surface area (Å²) in [5, 5.41) is 2.73. The van der Waals surface area contributed by atoms with Gasteiger partial charge in [-0.3, -0.25) is 19.3 Å². The van der Waals surface area contributed by atoms with E-state index in [-0.39, 0.29) is 5.92 Å². The van der Waals surface area contributed by atoms with Crippen LogP contribution in [-0.2, 0) is 19.1 Å². The lowest BCUT2D eigenvalue weighted by Crippen LogP contribution is -2.54. The molecule has 8 heteroatoms. The van der Waals surface area contributed by atoms with E-state index in [0.29, 0.717) is 6.42 Å². The third-order valence-electron chi connectivity index (χ3n) is 4.16. The van der Waals surface area contributed by atoms with Crippen molar-refractivity contribution in [1.29, 1.82) is 0 Å². The summed E-state index contributed by atoms with van der Waals surface area (Å²) in [4.78, 5) is 47.4. The monoisotopic (exact) mass is 297 g/mol. The number of nitrogens with two attached hydrogens (primary N) is 1. The van der Waals surface area contributed by atoms with Crippen LogP contribution < -0.4 is 11.1 Å². The third-order valence-corrected chi connectivity index (χ3v) is 4.16. The summed E-state index contributed by atoms with van der Waals surface area (Å²) in [6, 6.07) is -0.593. The Kier molecular flexibility index (Phi) is 4.15. The zero-order valence-corrected chi connectivity index (χ0v) is 11.9. The molecular weight excluding hydrogens is 278 g/mol. The predicted molar refractivity (Wildman–Crippen MR) is 70.8 cm³/mol. The predicted octanol–water partition coefficient (Wildman–Crippen LogP) is -0.484. The Morgan fingerprint density at radius 1 is 1.43 bits per heavy atom. The standard InChI is InChI=1S/C13H19N3O5/c1-8-4-2-3-5-13(8)11(19)16(12(20)15-13)6-10(18)21-7-9(14)17/h8H,2-7H2,1H3,(H2,14,17)(H,15,20)/t8-,13-/m1/s1. The van der Waals surface area contributed by atoms with Gasteiger partial charge in [0, 0.05) is 0 Å². The average Bonchev–Trinajstić information content (AvgIpc) is 2.65. The molecule has 2 aliphatic rings. The van der Waals surface area contributed by atoms with Gasteiger partial charge in [-0.2, -0.15) is 0 Å². The highest BCUT2D eigenvalue weighted by atomic mass is 16.5. The molecule has 1 spiro atoms. The maximum absolute atomic E-state index is 12.5. The van der Waals surface area contributed by atoms with Crippen molar-refractivity contribution in [1.82, 2.24) is 10.2 Å². The number of nitrogens with one attached hydrogen (secondary N) is 1. The SMILES string of the molecule is C[C@@H]1CCCC[C@@]12NC(=O)N(CC(=O)OCC(N)=O)C2=O. The molecule has 2 rings (SSSR count). The Hall–Kier alpha value is -2.12. The molecule has 2 fully saturated rings. The number of ether oxygens (including phenoxy) is 1. The van der Waals surface area contributed by atoms with Gasteiger partial charge in [0.2, 0.25) is 0 Å². The Balaban J connectivity index is 2.05. The lowest BCUT2D eigenvalue weighted by atomic mass is 9.73. The Morgan fingerprint density at radius 2 is 2.14 bits per heavy atom. The van der Waals surface area contributed by atoms with E-state index in [1.807, 2.05) is 6.92 Å². The van der Waals surface area contributed by atoms with Crippen LogP contribution in [0.1, 0.15) is 32.6 Å². The van der Waals surface area contributed by atoms with Crippen LogP contribution in [-0.4, -0.2) is 47.4 Å². The van der Waals surface area contributed by atoms with Crippen molar-refractivity contribution in [3.8, 4) is 0 Å². The molecule has 1 aliphatic heterocycles. The lowest BCUT2D eigenvalue weighted by molar-refractivity contribution is -0.151. The van der Waals surface area contributed by atoms with Gasteiger partial charge in [0.05, 0.1) is 0 Å². The van der Waals surface area contributed by atoms with E-state index in [1.54, 1.807) is 0 Å². The van der Waals surface area contributed by atoms with Gasteiger partial charge in [-0.25, -0.2) is 4.79 Å².